The van der Waals surface area contributed by atoms with Crippen molar-refractivity contribution in [3.63, 3.8) is 0 Å². The van der Waals surface area contributed by atoms with E-state index in [1.165, 1.54) is 0 Å². The number of hydrogen-bond acceptors (Lipinski definition) is 4. The van der Waals surface area contributed by atoms with Gasteiger partial charge < -0.3 is 20.3 Å². The van der Waals surface area contributed by atoms with Crippen LogP contribution in [0.15, 0.2) is 12.1 Å². The van der Waals surface area contributed by atoms with E-state index in [0.717, 1.165) is 5.56 Å². The Hall–Kier alpha value is -1.42. The topological polar surface area (TPSA) is 64.7 Å². The Morgan fingerprint density at radius 2 is 2.07 bits per heavy atom. The molecule has 14 heavy (non-hydrogen) atoms. The first-order chi connectivity index (χ1) is 6.52. The van der Waals surface area contributed by atoms with Crippen molar-refractivity contribution in [2.75, 3.05) is 0 Å². The van der Waals surface area contributed by atoms with Crippen molar-refractivity contribution >= 4 is 0 Å². The molecule has 1 aliphatic heterocycles. The maximum atomic E-state index is 9.61. The highest BCUT2D eigenvalue weighted by Gasteiger charge is 2.34. The molecule has 1 aromatic carbocycles. The lowest BCUT2D eigenvalue weighted by molar-refractivity contribution is -0.0439. The van der Waals surface area contributed by atoms with E-state index in [4.69, 9.17) is 15.2 Å². The first-order valence-electron chi connectivity index (χ1n) is 4.46. The average molecular weight is 195 g/mol. The largest absolute Gasteiger partial charge is 0.504 e. The monoisotopic (exact) mass is 195 g/mol. The summed E-state index contributed by atoms with van der Waals surface area (Å²) in [5, 5.41) is 9.61. The van der Waals surface area contributed by atoms with Gasteiger partial charge in [0.25, 0.3) is 0 Å². The number of phenols is 1. The van der Waals surface area contributed by atoms with E-state index in [0.29, 0.717) is 18.0 Å². The molecule has 0 unspecified atom stereocenters. The van der Waals surface area contributed by atoms with Crippen LogP contribution in [0, 0.1) is 0 Å². The summed E-state index contributed by atoms with van der Waals surface area (Å²) in [4.78, 5) is 0. The van der Waals surface area contributed by atoms with Gasteiger partial charge in [-0.15, -0.1) is 0 Å². The highest BCUT2D eigenvalue weighted by Crippen LogP contribution is 2.45. The Bertz CT molecular complexity index is 374. The van der Waals surface area contributed by atoms with Crippen LogP contribution in [-0.4, -0.2) is 10.9 Å². The van der Waals surface area contributed by atoms with Crippen LogP contribution >= 0.6 is 0 Å². The van der Waals surface area contributed by atoms with Crippen molar-refractivity contribution in [1.82, 2.24) is 0 Å². The minimum Gasteiger partial charge on any atom is -0.504 e. The van der Waals surface area contributed by atoms with E-state index < -0.39 is 5.79 Å². The molecule has 0 aromatic heterocycles. The van der Waals surface area contributed by atoms with Gasteiger partial charge in [0, 0.05) is 20.4 Å². The third-order valence-corrected chi connectivity index (χ3v) is 2.03. The van der Waals surface area contributed by atoms with E-state index >= 15 is 0 Å². The lowest BCUT2D eigenvalue weighted by Crippen LogP contribution is -2.29. The number of fused-ring (bicyclic) bond motifs is 1. The summed E-state index contributed by atoms with van der Waals surface area (Å²) in [7, 11) is 0. The summed E-state index contributed by atoms with van der Waals surface area (Å²) in [5.41, 5.74) is 6.29. The molecule has 1 heterocycles. The fraction of sp³-hybridized carbons (Fsp3) is 0.400. The number of nitrogens with two attached hydrogens (primary N) is 1. The highest BCUT2D eigenvalue weighted by atomic mass is 16.7. The van der Waals surface area contributed by atoms with Crippen LogP contribution in [0.3, 0.4) is 0 Å². The van der Waals surface area contributed by atoms with E-state index in [-0.39, 0.29) is 5.75 Å². The standard InChI is InChI=1S/C10H13NO3/c1-10(2)13-8-4-6(5-11)3-7(12)9(8)14-10/h3-4,12H,5,11H2,1-2H3. The normalized spacial score (nSPS) is 17.1. The van der Waals surface area contributed by atoms with Crippen molar-refractivity contribution in [1.29, 1.82) is 0 Å². The second-order valence-electron chi connectivity index (χ2n) is 3.75. The van der Waals surface area contributed by atoms with Crippen LogP contribution in [0.4, 0.5) is 0 Å². The molecule has 1 aliphatic rings. The van der Waals surface area contributed by atoms with Crippen LogP contribution in [0.25, 0.3) is 0 Å². The fourth-order valence-electron chi connectivity index (χ4n) is 1.47. The van der Waals surface area contributed by atoms with Gasteiger partial charge in [0.1, 0.15) is 0 Å². The molecule has 0 spiro atoms. The van der Waals surface area contributed by atoms with Crippen molar-refractivity contribution in [3.8, 4) is 17.2 Å². The van der Waals surface area contributed by atoms with Gasteiger partial charge in [0.15, 0.2) is 11.5 Å². The van der Waals surface area contributed by atoms with Gasteiger partial charge in [-0.3, -0.25) is 0 Å². The van der Waals surface area contributed by atoms with Crippen LogP contribution in [-0.2, 0) is 6.54 Å². The maximum absolute atomic E-state index is 9.61. The smallest absolute Gasteiger partial charge is 0.246 e. The molecular weight excluding hydrogens is 182 g/mol. The summed E-state index contributed by atoms with van der Waals surface area (Å²) in [5.74, 6) is 0.309. The van der Waals surface area contributed by atoms with Gasteiger partial charge >= 0.3 is 0 Å². The SMILES string of the molecule is CC1(C)Oc2cc(CN)cc(O)c2O1. The van der Waals surface area contributed by atoms with Gasteiger partial charge in [-0.05, 0) is 17.7 Å². The summed E-state index contributed by atoms with van der Waals surface area (Å²) < 4.78 is 10.9. The van der Waals surface area contributed by atoms with Crippen LogP contribution in [0.1, 0.15) is 19.4 Å². The molecule has 76 valence electrons. The summed E-state index contributed by atoms with van der Waals surface area (Å²) in [6, 6.07) is 3.37. The third-order valence-electron chi connectivity index (χ3n) is 2.03. The van der Waals surface area contributed by atoms with Crippen molar-refractivity contribution < 1.29 is 14.6 Å². The zero-order chi connectivity index (χ0) is 10.3. The van der Waals surface area contributed by atoms with Crippen molar-refractivity contribution in [3.05, 3.63) is 17.7 Å². The van der Waals surface area contributed by atoms with E-state index in [1.807, 2.05) is 0 Å². The van der Waals surface area contributed by atoms with Gasteiger partial charge in [-0.2, -0.15) is 0 Å². The molecule has 0 aliphatic carbocycles. The third kappa shape index (κ3) is 1.37. The minimum absolute atomic E-state index is 0.0773. The predicted octanol–water partition coefficient (Wildman–Crippen LogP) is 1.36. The molecule has 0 amide bonds. The number of ether oxygens (including phenoxy) is 2. The predicted molar refractivity (Wildman–Crippen MR) is 51.3 cm³/mol. The average Bonchev–Trinajstić information content (AvgIpc) is 2.40. The quantitative estimate of drug-likeness (QED) is 0.710. The minimum atomic E-state index is -0.715. The van der Waals surface area contributed by atoms with E-state index in [9.17, 15) is 5.11 Å². The molecule has 4 heteroatoms. The molecule has 0 atom stereocenters. The fourth-order valence-corrected chi connectivity index (χ4v) is 1.47. The zero-order valence-corrected chi connectivity index (χ0v) is 8.20. The second kappa shape index (κ2) is 2.78. The second-order valence-corrected chi connectivity index (χ2v) is 3.75. The van der Waals surface area contributed by atoms with Crippen LogP contribution in [0.2, 0.25) is 0 Å². The van der Waals surface area contributed by atoms with E-state index in [1.54, 1.807) is 26.0 Å². The number of benzene rings is 1. The Kier molecular flexibility index (Phi) is 1.82. The zero-order valence-electron chi connectivity index (χ0n) is 8.20. The van der Waals surface area contributed by atoms with Crippen LogP contribution in [0.5, 0.6) is 17.2 Å². The van der Waals surface area contributed by atoms with E-state index in [2.05, 4.69) is 0 Å². The molecule has 0 saturated carbocycles. The summed E-state index contributed by atoms with van der Waals surface area (Å²) in [6.07, 6.45) is 0. The number of rotatable bonds is 1. The van der Waals surface area contributed by atoms with Gasteiger partial charge in [-0.1, -0.05) is 0 Å². The summed E-state index contributed by atoms with van der Waals surface area (Å²) in [6.45, 7) is 3.94. The lowest BCUT2D eigenvalue weighted by atomic mass is 10.2. The molecule has 0 saturated heterocycles. The van der Waals surface area contributed by atoms with Crippen molar-refractivity contribution in [2.24, 2.45) is 5.73 Å². The van der Waals surface area contributed by atoms with Gasteiger partial charge in [-0.25, -0.2) is 0 Å². The number of aromatic hydroxyl groups is 1. The first kappa shape index (κ1) is 9.15. The van der Waals surface area contributed by atoms with Gasteiger partial charge in [0.2, 0.25) is 11.5 Å². The molecule has 3 N–H and O–H groups in total. The highest BCUT2D eigenvalue weighted by molar-refractivity contribution is 5.55. The maximum Gasteiger partial charge on any atom is 0.246 e. The Labute approximate surface area is 82.2 Å². The van der Waals surface area contributed by atoms with Crippen molar-refractivity contribution in [2.45, 2.75) is 26.2 Å². The molecule has 1 aromatic rings. The van der Waals surface area contributed by atoms with Crippen LogP contribution < -0.4 is 15.2 Å². The number of hydrogen-bond donors (Lipinski definition) is 2. The van der Waals surface area contributed by atoms with Gasteiger partial charge in [0.05, 0.1) is 0 Å². The molecule has 4 nitrogen and oxygen atoms in total. The molecule has 0 fully saturated rings. The molecule has 0 radical (unpaired) electrons. The molecule has 2 rings (SSSR count). The molecular formula is C10H13NO3. The Balaban J connectivity index is 2.47. The summed E-state index contributed by atoms with van der Waals surface area (Å²) >= 11 is 0. The Morgan fingerprint density at radius 3 is 2.71 bits per heavy atom. The first-order valence-corrected chi connectivity index (χ1v) is 4.46. The number of phenolic OH excluding ortho intramolecular Hbond substituents is 1. The molecule has 0 bridgehead atoms. The lowest BCUT2D eigenvalue weighted by Gasteiger charge is -2.16. The Morgan fingerprint density at radius 1 is 1.36 bits per heavy atom.